The van der Waals surface area contributed by atoms with Gasteiger partial charge in [0.25, 0.3) is 5.91 Å². The zero-order chi connectivity index (χ0) is 22.0. The van der Waals surface area contributed by atoms with Crippen LogP contribution in [0.4, 0.5) is 0 Å². The number of nitrogens with zero attached hydrogens (tertiary/aromatic N) is 4. The lowest BCUT2D eigenvalue weighted by Gasteiger charge is -2.22. The highest BCUT2D eigenvalue weighted by Gasteiger charge is 2.32. The van der Waals surface area contributed by atoms with E-state index in [9.17, 15) is 13.2 Å². The van der Waals surface area contributed by atoms with Gasteiger partial charge in [-0.2, -0.15) is 9.40 Å². The van der Waals surface area contributed by atoms with Crippen molar-refractivity contribution in [3.05, 3.63) is 35.3 Å². The van der Waals surface area contributed by atoms with Gasteiger partial charge >= 0.3 is 0 Å². The average molecular weight is 448 g/mol. The van der Waals surface area contributed by atoms with E-state index in [1.807, 2.05) is 0 Å². The van der Waals surface area contributed by atoms with Gasteiger partial charge < -0.3 is 9.64 Å². The summed E-state index contributed by atoms with van der Waals surface area (Å²) >= 11 is 0. The van der Waals surface area contributed by atoms with Crippen LogP contribution in [0.25, 0.3) is 0 Å². The molecule has 1 aliphatic carbocycles. The normalized spacial score (nSPS) is 18.8. The van der Waals surface area contributed by atoms with E-state index in [0.29, 0.717) is 48.9 Å². The Morgan fingerprint density at radius 2 is 1.87 bits per heavy atom. The Morgan fingerprint density at radius 1 is 1.10 bits per heavy atom. The van der Waals surface area contributed by atoms with Gasteiger partial charge in [-0.15, -0.1) is 0 Å². The molecule has 31 heavy (non-hydrogen) atoms. The molecule has 0 radical (unpaired) electrons. The molecule has 2 aromatic rings. The number of H-pyrrole nitrogens is 1. The van der Waals surface area contributed by atoms with E-state index in [2.05, 4.69) is 15.2 Å². The lowest BCUT2D eigenvalue weighted by atomic mass is 10.2. The van der Waals surface area contributed by atoms with E-state index < -0.39 is 10.0 Å². The van der Waals surface area contributed by atoms with Crippen molar-refractivity contribution in [2.24, 2.45) is 0 Å². The van der Waals surface area contributed by atoms with Gasteiger partial charge in [-0.25, -0.2) is 13.4 Å². The quantitative estimate of drug-likeness (QED) is 0.753. The fourth-order valence-corrected chi connectivity index (χ4v) is 6.12. The second-order valence-corrected chi connectivity index (χ2v) is 10.1. The molecule has 4 rings (SSSR count). The van der Waals surface area contributed by atoms with Crippen LogP contribution in [0, 0.1) is 13.8 Å². The summed E-state index contributed by atoms with van der Waals surface area (Å²) in [7, 11) is -3.66. The maximum atomic E-state index is 13.1. The molecule has 0 spiro atoms. The zero-order valence-corrected chi connectivity index (χ0v) is 18.8. The third kappa shape index (κ3) is 4.59. The average Bonchev–Trinajstić information content (AvgIpc) is 3.29. The molecule has 2 aliphatic rings. The first-order chi connectivity index (χ1) is 14.9. The third-order valence-corrected chi connectivity index (χ3v) is 8.14. The molecule has 10 heteroatoms. The Hall–Kier alpha value is -2.46. The van der Waals surface area contributed by atoms with E-state index in [0.717, 1.165) is 12.8 Å². The monoisotopic (exact) mass is 447 g/mol. The number of aryl methyl sites for hydroxylation is 2. The predicted octanol–water partition coefficient (Wildman–Crippen LogP) is 2.28. The minimum Gasteiger partial charge on any atom is -0.474 e. The van der Waals surface area contributed by atoms with Crippen molar-refractivity contribution in [1.82, 2.24) is 24.4 Å². The molecule has 1 N–H and O–H groups in total. The van der Waals surface area contributed by atoms with E-state index in [1.54, 1.807) is 37.1 Å². The molecule has 0 unspecified atom stereocenters. The molecule has 0 bridgehead atoms. The fourth-order valence-electron chi connectivity index (χ4n) is 4.32. The Labute approximate surface area is 182 Å². The van der Waals surface area contributed by atoms with E-state index >= 15 is 0 Å². The summed E-state index contributed by atoms with van der Waals surface area (Å²) in [5, 5.41) is 6.75. The summed E-state index contributed by atoms with van der Waals surface area (Å²) in [6, 6.07) is 3.47. The molecular weight excluding hydrogens is 418 g/mol. The molecule has 0 aromatic carbocycles. The van der Waals surface area contributed by atoms with E-state index in [1.165, 1.54) is 17.1 Å². The number of carbonyl (C=O) groups is 1. The summed E-state index contributed by atoms with van der Waals surface area (Å²) < 4.78 is 33.5. The van der Waals surface area contributed by atoms with Gasteiger partial charge in [0, 0.05) is 38.4 Å². The molecule has 1 aliphatic heterocycles. The van der Waals surface area contributed by atoms with Crippen molar-refractivity contribution in [3.8, 4) is 5.88 Å². The largest absolute Gasteiger partial charge is 0.474 e. The number of sulfonamides is 1. The Kier molecular flexibility index (Phi) is 6.29. The second kappa shape index (κ2) is 8.96. The van der Waals surface area contributed by atoms with Gasteiger partial charge in [-0.1, -0.05) is 0 Å². The summed E-state index contributed by atoms with van der Waals surface area (Å²) in [4.78, 5) is 19.2. The molecule has 2 aromatic heterocycles. The Morgan fingerprint density at radius 3 is 2.52 bits per heavy atom. The number of hydrogen-bond acceptors (Lipinski definition) is 6. The highest BCUT2D eigenvalue weighted by molar-refractivity contribution is 7.89. The van der Waals surface area contributed by atoms with Crippen molar-refractivity contribution in [2.45, 2.75) is 57.0 Å². The van der Waals surface area contributed by atoms with Crippen LogP contribution in [-0.4, -0.2) is 71.0 Å². The van der Waals surface area contributed by atoms with Crippen LogP contribution in [0.2, 0.25) is 0 Å². The van der Waals surface area contributed by atoms with Crippen LogP contribution < -0.4 is 4.74 Å². The first kappa shape index (κ1) is 21.8. The maximum Gasteiger partial charge on any atom is 0.255 e. The smallest absolute Gasteiger partial charge is 0.255 e. The highest BCUT2D eigenvalue weighted by atomic mass is 32.2. The summed E-state index contributed by atoms with van der Waals surface area (Å²) in [5.74, 6) is 0.400. The lowest BCUT2D eigenvalue weighted by Crippen LogP contribution is -2.37. The van der Waals surface area contributed by atoms with Gasteiger partial charge in [0.1, 0.15) is 11.0 Å². The molecule has 2 fully saturated rings. The molecule has 3 heterocycles. The summed E-state index contributed by atoms with van der Waals surface area (Å²) in [6.07, 6.45) is 6.79. The molecule has 1 saturated heterocycles. The van der Waals surface area contributed by atoms with Gasteiger partial charge in [0.2, 0.25) is 15.9 Å². The SMILES string of the molecule is Cc1n[nH]c(C)c1S(=O)(=O)N1CCCN(C(=O)c2ccc(OC3CCCC3)nc2)CC1. The molecule has 1 saturated carbocycles. The van der Waals surface area contributed by atoms with Crippen molar-refractivity contribution in [1.29, 1.82) is 0 Å². The number of ether oxygens (including phenoxy) is 1. The Bertz CT molecular complexity index is 1010. The van der Waals surface area contributed by atoms with Crippen molar-refractivity contribution in [2.75, 3.05) is 26.2 Å². The summed E-state index contributed by atoms with van der Waals surface area (Å²) in [6.45, 7) is 4.81. The first-order valence-electron chi connectivity index (χ1n) is 10.8. The topological polar surface area (TPSA) is 108 Å². The van der Waals surface area contributed by atoms with Crippen LogP contribution in [0.5, 0.6) is 5.88 Å². The number of carbonyl (C=O) groups excluding carboxylic acids is 1. The number of nitrogens with one attached hydrogen (secondary N) is 1. The molecule has 1 amide bonds. The number of rotatable bonds is 5. The maximum absolute atomic E-state index is 13.1. The van der Waals surface area contributed by atoms with Crippen molar-refractivity contribution in [3.63, 3.8) is 0 Å². The van der Waals surface area contributed by atoms with Crippen molar-refractivity contribution >= 4 is 15.9 Å². The van der Waals surface area contributed by atoms with E-state index in [-0.39, 0.29) is 23.5 Å². The number of aromatic amines is 1. The lowest BCUT2D eigenvalue weighted by molar-refractivity contribution is 0.0763. The molecule has 9 nitrogen and oxygen atoms in total. The highest BCUT2D eigenvalue weighted by Crippen LogP contribution is 2.24. The standard InChI is InChI=1S/C21H29N5O4S/c1-15-20(16(2)24-23-15)31(28,29)26-11-5-10-25(12-13-26)21(27)17-8-9-19(22-14-17)30-18-6-3-4-7-18/h8-9,14,18H,3-7,10-13H2,1-2H3,(H,23,24). The number of hydrogen-bond donors (Lipinski definition) is 1. The van der Waals surface area contributed by atoms with Crippen LogP contribution >= 0.6 is 0 Å². The van der Waals surface area contributed by atoms with Crippen LogP contribution in [0.3, 0.4) is 0 Å². The van der Waals surface area contributed by atoms with Crippen LogP contribution in [-0.2, 0) is 10.0 Å². The molecule has 0 atom stereocenters. The van der Waals surface area contributed by atoms with Crippen molar-refractivity contribution < 1.29 is 17.9 Å². The van der Waals surface area contributed by atoms with Gasteiger partial charge in [0.05, 0.1) is 17.0 Å². The van der Waals surface area contributed by atoms with Gasteiger partial charge in [-0.05, 0) is 52.0 Å². The molecular formula is C21H29N5O4S. The van der Waals surface area contributed by atoms with E-state index in [4.69, 9.17) is 4.74 Å². The first-order valence-corrected chi connectivity index (χ1v) is 12.2. The third-order valence-electron chi connectivity index (χ3n) is 5.97. The summed E-state index contributed by atoms with van der Waals surface area (Å²) in [5.41, 5.74) is 1.47. The zero-order valence-electron chi connectivity index (χ0n) is 18.0. The fraction of sp³-hybridized carbons (Fsp3) is 0.571. The van der Waals surface area contributed by atoms with Gasteiger partial charge in [0.15, 0.2) is 0 Å². The predicted molar refractivity (Wildman–Crippen MR) is 114 cm³/mol. The van der Waals surface area contributed by atoms with Crippen LogP contribution in [0.15, 0.2) is 23.2 Å². The number of pyridine rings is 1. The Balaban J connectivity index is 1.40. The van der Waals surface area contributed by atoms with Crippen LogP contribution in [0.1, 0.15) is 53.8 Å². The number of aromatic nitrogens is 3. The second-order valence-electron chi connectivity index (χ2n) is 8.22. The number of amides is 1. The minimum absolute atomic E-state index is 0.144. The molecule has 168 valence electrons. The minimum atomic E-state index is -3.66. The van der Waals surface area contributed by atoms with Gasteiger partial charge in [-0.3, -0.25) is 9.89 Å².